The average molecular weight is 445 g/mol. The summed E-state index contributed by atoms with van der Waals surface area (Å²) < 4.78 is 5.39. The lowest BCUT2D eigenvalue weighted by Gasteiger charge is -2.27. The van der Waals surface area contributed by atoms with Crippen LogP contribution in [-0.2, 0) is 6.54 Å². The number of piperidine rings is 1. The van der Waals surface area contributed by atoms with E-state index in [4.69, 9.17) is 16.1 Å². The number of anilines is 1. The molecule has 0 unspecified atom stereocenters. The van der Waals surface area contributed by atoms with Crippen LogP contribution < -0.4 is 4.90 Å². The summed E-state index contributed by atoms with van der Waals surface area (Å²) in [5, 5.41) is 4.69. The first-order chi connectivity index (χ1) is 15.2. The molecule has 4 heterocycles. The zero-order valence-corrected chi connectivity index (χ0v) is 18.6. The van der Waals surface area contributed by atoms with Crippen molar-refractivity contribution < 1.29 is 9.32 Å². The van der Waals surface area contributed by atoms with Crippen LogP contribution in [0, 0.1) is 0 Å². The number of hydrogen-bond donors (Lipinski definition) is 0. The van der Waals surface area contributed by atoms with Crippen LogP contribution in [0.25, 0.3) is 0 Å². The lowest BCUT2D eigenvalue weighted by Crippen LogP contribution is -2.35. The van der Waals surface area contributed by atoms with Gasteiger partial charge in [-0.25, -0.2) is 4.98 Å². The molecule has 31 heavy (non-hydrogen) atoms. The molecule has 0 spiro atoms. The Bertz CT molecular complexity index is 924. The predicted octanol–water partition coefficient (Wildman–Crippen LogP) is 3.33. The van der Waals surface area contributed by atoms with Crippen LogP contribution in [-0.4, -0.2) is 70.1 Å². The molecule has 166 valence electrons. The number of rotatable bonds is 5. The molecule has 9 heteroatoms. The van der Waals surface area contributed by atoms with Crippen molar-refractivity contribution in [2.45, 2.75) is 51.0 Å². The molecule has 0 N–H and O–H groups in total. The maximum atomic E-state index is 12.7. The highest BCUT2D eigenvalue weighted by atomic mass is 35.5. The van der Waals surface area contributed by atoms with Gasteiger partial charge in [0.05, 0.1) is 17.1 Å². The third-order valence-corrected chi connectivity index (χ3v) is 6.65. The predicted molar refractivity (Wildman–Crippen MR) is 117 cm³/mol. The fourth-order valence-corrected chi connectivity index (χ4v) is 4.71. The van der Waals surface area contributed by atoms with E-state index in [0.29, 0.717) is 23.0 Å². The van der Waals surface area contributed by atoms with Crippen LogP contribution in [0.15, 0.2) is 16.8 Å². The molecule has 3 aliphatic rings. The molecule has 2 aromatic rings. The Morgan fingerprint density at radius 3 is 2.68 bits per heavy atom. The SMILES string of the molecule is O=C(c1cnc(N2CCCN(Cc3noc(C4CC4)n3)CC2)c(Cl)c1)N1CCCCC1. The van der Waals surface area contributed by atoms with Crippen LogP contribution in [0.5, 0.6) is 0 Å². The minimum Gasteiger partial charge on any atom is -0.354 e. The highest BCUT2D eigenvalue weighted by molar-refractivity contribution is 6.33. The number of aromatic nitrogens is 3. The van der Waals surface area contributed by atoms with Gasteiger partial charge in [-0.1, -0.05) is 16.8 Å². The number of halogens is 1. The van der Waals surface area contributed by atoms with Gasteiger partial charge in [-0.3, -0.25) is 9.69 Å². The zero-order chi connectivity index (χ0) is 21.2. The molecule has 0 bridgehead atoms. The fraction of sp³-hybridized carbons (Fsp3) is 0.636. The Morgan fingerprint density at radius 1 is 1.06 bits per heavy atom. The van der Waals surface area contributed by atoms with Crippen LogP contribution in [0.1, 0.15) is 66.5 Å². The average Bonchev–Trinajstić information content (AvgIpc) is 3.58. The van der Waals surface area contributed by atoms with Crippen molar-refractivity contribution in [2.24, 2.45) is 0 Å². The van der Waals surface area contributed by atoms with E-state index in [9.17, 15) is 4.79 Å². The molecular formula is C22H29ClN6O2. The third kappa shape index (κ3) is 4.85. The largest absolute Gasteiger partial charge is 0.354 e. The van der Waals surface area contributed by atoms with E-state index in [1.165, 1.54) is 6.42 Å². The molecule has 0 atom stereocenters. The van der Waals surface area contributed by atoms with Crippen molar-refractivity contribution in [3.63, 3.8) is 0 Å². The first kappa shape index (κ1) is 20.7. The summed E-state index contributed by atoms with van der Waals surface area (Å²) in [6.45, 7) is 5.88. The van der Waals surface area contributed by atoms with E-state index >= 15 is 0 Å². The van der Waals surface area contributed by atoms with Crippen molar-refractivity contribution in [3.05, 3.63) is 34.6 Å². The van der Waals surface area contributed by atoms with Gasteiger partial charge in [-0.2, -0.15) is 4.98 Å². The summed E-state index contributed by atoms with van der Waals surface area (Å²) >= 11 is 6.58. The maximum Gasteiger partial charge on any atom is 0.255 e. The van der Waals surface area contributed by atoms with Gasteiger partial charge in [0.2, 0.25) is 5.89 Å². The van der Waals surface area contributed by atoms with E-state index in [1.54, 1.807) is 12.3 Å². The number of carbonyl (C=O) groups excluding carboxylic acids is 1. The first-order valence-electron chi connectivity index (χ1n) is 11.4. The van der Waals surface area contributed by atoms with Gasteiger partial charge in [0.25, 0.3) is 5.91 Å². The van der Waals surface area contributed by atoms with Crippen LogP contribution in [0.2, 0.25) is 5.02 Å². The summed E-state index contributed by atoms with van der Waals surface area (Å²) in [5.74, 6) is 2.84. The molecule has 1 saturated carbocycles. The van der Waals surface area contributed by atoms with Crippen molar-refractivity contribution in [2.75, 3.05) is 44.2 Å². The van der Waals surface area contributed by atoms with Crippen molar-refractivity contribution >= 4 is 23.3 Å². The molecule has 8 nitrogen and oxygen atoms in total. The van der Waals surface area contributed by atoms with Crippen molar-refractivity contribution in [1.29, 1.82) is 0 Å². The standard InChI is InChI=1S/C22H29ClN6O2/c23-18-13-17(22(30)29-8-2-1-3-9-29)14-24-20(18)28-10-4-7-27(11-12-28)15-19-25-21(31-26-19)16-5-6-16/h13-14,16H,1-12,15H2. The zero-order valence-electron chi connectivity index (χ0n) is 17.8. The summed E-state index contributed by atoms with van der Waals surface area (Å²) in [6.07, 6.45) is 8.34. The molecule has 3 fully saturated rings. The Kier molecular flexibility index (Phi) is 6.09. The molecule has 0 aromatic carbocycles. The van der Waals surface area contributed by atoms with E-state index in [-0.39, 0.29) is 5.91 Å². The number of hydrogen-bond acceptors (Lipinski definition) is 7. The van der Waals surface area contributed by atoms with Gasteiger partial charge in [0, 0.05) is 51.4 Å². The van der Waals surface area contributed by atoms with Gasteiger partial charge >= 0.3 is 0 Å². The second-order valence-electron chi connectivity index (χ2n) is 8.82. The summed E-state index contributed by atoms with van der Waals surface area (Å²) in [7, 11) is 0. The Hall–Kier alpha value is -2.19. The highest BCUT2D eigenvalue weighted by Crippen LogP contribution is 2.38. The van der Waals surface area contributed by atoms with Crippen LogP contribution >= 0.6 is 11.6 Å². The molecule has 1 amide bonds. The van der Waals surface area contributed by atoms with Gasteiger partial charge in [-0.05, 0) is 44.6 Å². The number of nitrogens with zero attached hydrogens (tertiary/aromatic N) is 6. The second-order valence-corrected chi connectivity index (χ2v) is 9.23. The Balaban J connectivity index is 1.20. The molecule has 1 aliphatic carbocycles. The summed E-state index contributed by atoms with van der Waals surface area (Å²) in [4.78, 5) is 28.4. The minimum absolute atomic E-state index is 0.0355. The minimum atomic E-state index is 0.0355. The number of amides is 1. The van der Waals surface area contributed by atoms with Crippen molar-refractivity contribution in [3.8, 4) is 0 Å². The molecule has 0 radical (unpaired) electrons. The lowest BCUT2D eigenvalue weighted by molar-refractivity contribution is 0.0724. The lowest BCUT2D eigenvalue weighted by atomic mass is 10.1. The normalized spacial score (nSPS) is 20.7. The monoisotopic (exact) mass is 444 g/mol. The van der Waals surface area contributed by atoms with Gasteiger partial charge in [0.15, 0.2) is 5.82 Å². The molecule has 2 aromatic heterocycles. The molecule has 2 aliphatic heterocycles. The van der Waals surface area contributed by atoms with E-state index < -0.39 is 0 Å². The Morgan fingerprint density at radius 2 is 1.90 bits per heavy atom. The van der Waals surface area contributed by atoms with E-state index in [1.807, 2.05) is 4.90 Å². The molecule has 2 saturated heterocycles. The topological polar surface area (TPSA) is 78.6 Å². The van der Waals surface area contributed by atoms with Gasteiger partial charge in [-0.15, -0.1) is 0 Å². The quantitative estimate of drug-likeness (QED) is 0.699. The van der Waals surface area contributed by atoms with E-state index in [0.717, 1.165) is 88.9 Å². The van der Waals surface area contributed by atoms with Crippen LogP contribution in [0.4, 0.5) is 5.82 Å². The highest BCUT2D eigenvalue weighted by Gasteiger charge is 2.30. The summed E-state index contributed by atoms with van der Waals surface area (Å²) in [6, 6.07) is 1.78. The number of carbonyl (C=O) groups is 1. The second kappa shape index (κ2) is 9.12. The maximum absolute atomic E-state index is 12.7. The smallest absolute Gasteiger partial charge is 0.255 e. The Labute approximate surface area is 187 Å². The number of likely N-dealkylation sites (tertiary alicyclic amines) is 1. The van der Waals surface area contributed by atoms with E-state index in [2.05, 4.69) is 24.9 Å². The molecule has 5 rings (SSSR count). The van der Waals surface area contributed by atoms with Crippen molar-refractivity contribution in [1.82, 2.24) is 24.9 Å². The molecular weight excluding hydrogens is 416 g/mol. The van der Waals surface area contributed by atoms with Gasteiger partial charge < -0.3 is 14.3 Å². The first-order valence-corrected chi connectivity index (χ1v) is 11.8. The number of pyridine rings is 1. The third-order valence-electron chi connectivity index (χ3n) is 6.38. The van der Waals surface area contributed by atoms with Crippen LogP contribution in [0.3, 0.4) is 0 Å². The summed E-state index contributed by atoms with van der Waals surface area (Å²) in [5.41, 5.74) is 0.579. The van der Waals surface area contributed by atoms with Gasteiger partial charge in [0.1, 0.15) is 5.82 Å². The fourth-order valence-electron chi connectivity index (χ4n) is 4.43.